The zero-order valence-electron chi connectivity index (χ0n) is 16.1. The molecule has 0 bridgehead atoms. The van der Waals surface area contributed by atoms with E-state index in [0.29, 0.717) is 11.5 Å². The number of imidazole rings is 1. The number of aromatic nitrogens is 2. The number of hydrogen-bond acceptors (Lipinski definition) is 2. The molecule has 0 atom stereocenters. The molecular weight excluding hydrogens is 318 g/mol. The molecule has 1 aliphatic rings. The molecule has 0 amide bonds. The van der Waals surface area contributed by atoms with Gasteiger partial charge in [0.15, 0.2) is 0 Å². The second-order valence-corrected chi connectivity index (χ2v) is 8.61. The maximum absolute atomic E-state index is 4.38. The molecule has 0 spiro atoms. The third-order valence-corrected chi connectivity index (χ3v) is 5.94. The van der Waals surface area contributed by atoms with Crippen LogP contribution in [0.2, 0.25) is 0 Å². The van der Waals surface area contributed by atoms with Crippen LogP contribution in [-0.4, -0.2) is 16.0 Å². The fraction of sp³-hybridized carbons (Fsp3) is 0.435. The highest BCUT2D eigenvalue weighted by atomic mass is 14.9. The number of aromatic amines is 1. The molecular formula is C23H29N3. The Morgan fingerprint density at radius 3 is 2.54 bits per heavy atom. The number of rotatable bonds is 4. The van der Waals surface area contributed by atoms with Crippen molar-refractivity contribution in [1.82, 2.24) is 15.3 Å². The van der Waals surface area contributed by atoms with Crippen LogP contribution in [0.15, 0.2) is 42.7 Å². The lowest BCUT2D eigenvalue weighted by Crippen LogP contribution is -2.35. The van der Waals surface area contributed by atoms with Crippen LogP contribution in [0.25, 0.3) is 22.2 Å². The van der Waals surface area contributed by atoms with E-state index in [2.05, 4.69) is 72.5 Å². The molecule has 1 aromatic heterocycles. The molecule has 136 valence electrons. The van der Waals surface area contributed by atoms with Gasteiger partial charge in [0.1, 0.15) is 0 Å². The second kappa shape index (κ2) is 6.88. The van der Waals surface area contributed by atoms with E-state index in [1.807, 2.05) is 0 Å². The van der Waals surface area contributed by atoms with Gasteiger partial charge >= 0.3 is 0 Å². The van der Waals surface area contributed by atoms with Gasteiger partial charge in [-0.3, -0.25) is 0 Å². The standard InChI is InChI=1S/C23H29N3/c1-16-12-19(13-21-22(16)26-15-25-21)18-6-4-17(5-7-18)14-24-20-8-10-23(2,3)11-9-20/h4-7,12-13,15,20,24H,8-11,14H2,1-3H3,(H,25,26). The number of nitrogens with one attached hydrogen (secondary N) is 2. The predicted molar refractivity (Wildman–Crippen MR) is 109 cm³/mol. The summed E-state index contributed by atoms with van der Waals surface area (Å²) in [6.07, 6.45) is 7.03. The van der Waals surface area contributed by atoms with Gasteiger partial charge < -0.3 is 10.3 Å². The number of aryl methyl sites for hydroxylation is 1. The zero-order chi connectivity index (χ0) is 18.1. The van der Waals surface area contributed by atoms with Gasteiger partial charge in [0.05, 0.1) is 17.4 Å². The molecule has 3 aromatic rings. The minimum absolute atomic E-state index is 0.535. The van der Waals surface area contributed by atoms with Gasteiger partial charge in [-0.1, -0.05) is 38.1 Å². The number of hydrogen-bond donors (Lipinski definition) is 2. The summed E-state index contributed by atoms with van der Waals surface area (Å²) in [5, 5.41) is 3.75. The van der Waals surface area contributed by atoms with Crippen molar-refractivity contribution in [2.75, 3.05) is 0 Å². The summed E-state index contributed by atoms with van der Waals surface area (Å²) in [7, 11) is 0. The average Bonchev–Trinajstić information content (AvgIpc) is 3.10. The van der Waals surface area contributed by atoms with Crippen LogP contribution in [0.3, 0.4) is 0 Å². The summed E-state index contributed by atoms with van der Waals surface area (Å²) in [6.45, 7) is 7.87. The lowest BCUT2D eigenvalue weighted by atomic mass is 9.75. The van der Waals surface area contributed by atoms with Crippen LogP contribution < -0.4 is 5.32 Å². The van der Waals surface area contributed by atoms with Crippen LogP contribution in [0.4, 0.5) is 0 Å². The monoisotopic (exact) mass is 347 g/mol. The van der Waals surface area contributed by atoms with E-state index in [0.717, 1.165) is 17.6 Å². The lowest BCUT2D eigenvalue weighted by Gasteiger charge is -2.34. The lowest BCUT2D eigenvalue weighted by molar-refractivity contribution is 0.206. The molecule has 26 heavy (non-hydrogen) atoms. The van der Waals surface area contributed by atoms with Crippen molar-refractivity contribution in [3.63, 3.8) is 0 Å². The first kappa shape index (κ1) is 17.3. The minimum atomic E-state index is 0.535. The highest BCUT2D eigenvalue weighted by Gasteiger charge is 2.26. The molecule has 1 aliphatic carbocycles. The van der Waals surface area contributed by atoms with E-state index < -0.39 is 0 Å². The summed E-state index contributed by atoms with van der Waals surface area (Å²) in [5.74, 6) is 0. The Kier molecular flexibility index (Phi) is 4.58. The summed E-state index contributed by atoms with van der Waals surface area (Å²) in [4.78, 5) is 7.60. The molecule has 1 heterocycles. The molecule has 0 radical (unpaired) electrons. The molecule has 2 aromatic carbocycles. The highest BCUT2D eigenvalue weighted by Crippen LogP contribution is 2.35. The molecule has 1 fully saturated rings. The maximum atomic E-state index is 4.38. The van der Waals surface area contributed by atoms with E-state index in [1.165, 1.54) is 47.9 Å². The third kappa shape index (κ3) is 3.68. The van der Waals surface area contributed by atoms with Crippen molar-refractivity contribution in [2.24, 2.45) is 5.41 Å². The number of nitrogens with zero attached hydrogens (tertiary/aromatic N) is 1. The Morgan fingerprint density at radius 2 is 1.81 bits per heavy atom. The van der Waals surface area contributed by atoms with Gasteiger partial charge in [-0.2, -0.15) is 0 Å². The normalized spacial score (nSPS) is 17.7. The molecule has 3 nitrogen and oxygen atoms in total. The Morgan fingerprint density at radius 1 is 1.08 bits per heavy atom. The zero-order valence-corrected chi connectivity index (χ0v) is 16.1. The highest BCUT2D eigenvalue weighted by molar-refractivity contribution is 5.84. The quantitative estimate of drug-likeness (QED) is 0.645. The maximum Gasteiger partial charge on any atom is 0.0931 e. The number of benzene rings is 2. The van der Waals surface area contributed by atoms with Crippen molar-refractivity contribution in [3.05, 3.63) is 53.9 Å². The molecule has 0 aliphatic heterocycles. The van der Waals surface area contributed by atoms with E-state index in [4.69, 9.17) is 0 Å². The molecule has 0 saturated heterocycles. The van der Waals surface area contributed by atoms with Gasteiger partial charge in [-0.05, 0) is 72.4 Å². The van der Waals surface area contributed by atoms with Gasteiger partial charge in [0, 0.05) is 12.6 Å². The first-order chi connectivity index (χ1) is 12.5. The Labute approximate surface area is 156 Å². The van der Waals surface area contributed by atoms with Crippen LogP contribution in [0.1, 0.15) is 50.7 Å². The van der Waals surface area contributed by atoms with E-state index in [9.17, 15) is 0 Å². The SMILES string of the molecule is Cc1cc(-c2ccc(CNC3CCC(C)(C)CC3)cc2)cc2[nH]cnc12. The van der Waals surface area contributed by atoms with Gasteiger partial charge in [-0.15, -0.1) is 0 Å². The van der Waals surface area contributed by atoms with Crippen molar-refractivity contribution < 1.29 is 0 Å². The predicted octanol–water partition coefficient (Wildman–Crippen LogP) is 5.60. The Hall–Kier alpha value is -2.13. The summed E-state index contributed by atoms with van der Waals surface area (Å²) >= 11 is 0. The van der Waals surface area contributed by atoms with Crippen molar-refractivity contribution in [1.29, 1.82) is 0 Å². The van der Waals surface area contributed by atoms with E-state index in [1.54, 1.807) is 6.33 Å². The molecule has 1 saturated carbocycles. The largest absolute Gasteiger partial charge is 0.345 e. The topological polar surface area (TPSA) is 40.7 Å². The smallest absolute Gasteiger partial charge is 0.0931 e. The molecule has 3 heteroatoms. The van der Waals surface area contributed by atoms with Gasteiger partial charge in [0.2, 0.25) is 0 Å². The molecule has 4 rings (SSSR count). The number of H-pyrrole nitrogens is 1. The summed E-state index contributed by atoms with van der Waals surface area (Å²) in [5.41, 5.74) is 7.77. The summed E-state index contributed by atoms with van der Waals surface area (Å²) in [6, 6.07) is 14.1. The average molecular weight is 348 g/mol. The first-order valence-electron chi connectivity index (χ1n) is 9.77. The second-order valence-electron chi connectivity index (χ2n) is 8.61. The van der Waals surface area contributed by atoms with Crippen LogP contribution >= 0.6 is 0 Å². The Balaban J connectivity index is 1.41. The Bertz CT molecular complexity index is 879. The first-order valence-corrected chi connectivity index (χ1v) is 9.77. The minimum Gasteiger partial charge on any atom is -0.345 e. The molecule has 2 N–H and O–H groups in total. The van der Waals surface area contributed by atoms with E-state index in [-0.39, 0.29) is 0 Å². The molecule has 0 unspecified atom stereocenters. The van der Waals surface area contributed by atoms with Crippen molar-refractivity contribution >= 4 is 11.0 Å². The van der Waals surface area contributed by atoms with Crippen molar-refractivity contribution in [3.8, 4) is 11.1 Å². The fourth-order valence-corrected chi connectivity index (χ4v) is 4.07. The van der Waals surface area contributed by atoms with Crippen molar-refractivity contribution in [2.45, 2.75) is 59.0 Å². The van der Waals surface area contributed by atoms with Crippen LogP contribution in [0.5, 0.6) is 0 Å². The van der Waals surface area contributed by atoms with E-state index >= 15 is 0 Å². The van der Waals surface area contributed by atoms with Crippen LogP contribution in [0, 0.1) is 12.3 Å². The third-order valence-electron chi connectivity index (χ3n) is 5.94. The van der Waals surface area contributed by atoms with Gasteiger partial charge in [0.25, 0.3) is 0 Å². The van der Waals surface area contributed by atoms with Crippen LogP contribution in [-0.2, 0) is 6.54 Å². The summed E-state index contributed by atoms with van der Waals surface area (Å²) < 4.78 is 0. The fourth-order valence-electron chi connectivity index (χ4n) is 4.07. The number of fused-ring (bicyclic) bond motifs is 1. The van der Waals surface area contributed by atoms with Gasteiger partial charge in [-0.25, -0.2) is 4.98 Å².